The molecule has 0 fully saturated rings. The molecular formula is C19H18ClN. The first-order chi connectivity index (χ1) is 10.1. The van der Waals surface area contributed by atoms with Crippen molar-refractivity contribution in [1.82, 2.24) is 0 Å². The molecule has 3 aromatic carbocycles. The second kappa shape index (κ2) is 5.51. The standard InChI is InChI=1S/C19H18ClN/c1-12-10-11-16(15-8-4-3-7-14(12)15)19(21)17-9-5-6-13(2)18(17)20/h3-11,19H,21H2,1-2H3. The third kappa shape index (κ3) is 2.44. The summed E-state index contributed by atoms with van der Waals surface area (Å²) in [5.74, 6) is 0. The van der Waals surface area contributed by atoms with Gasteiger partial charge in [-0.15, -0.1) is 0 Å². The maximum Gasteiger partial charge on any atom is 0.0572 e. The molecule has 0 saturated carbocycles. The van der Waals surface area contributed by atoms with Crippen LogP contribution in [0.15, 0.2) is 54.6 Å². The maximum absolute atomic E-state index is 6.52. The van der Waals surface area contributed by atoms with Crippen molar-refractivity contribution in [3.05, 3.63) is 81.9 Å². The average Bonchev–Trinajstić information content (AvgIpc) is 2.50. The van der Waals surface area contributed by atoms with Gasteiger partial charge >= 0.3 is 0 Å². The van der Waals surface area contributed by atoms with Crippen molar-refractivity contribution >= 4 is 22.4 Å². The van der Waals surface area contributed by atoms with E-state index in [0.29, 0.717) is 0 Å². The average molecular weight is 296 g/mol. The van der Waals surface area contributed by atoms with Gasteiger partial charge in [0.1, 0.15) is 0 Å². The molecule has 1 atom stereocenters. The third-order valence-electron chi connectivity index (χ3n) is 4.07. The summed E-state index contributed by atoms with van der Waals surface area (Å²) in [5, 5.41) is 3.20. The second-order valence-electron chi connectivity index (χ2n) is 5.47. The summed E-state index contributed by atoms with van der Waals surface area (Å²) in [4.78, 5) is 0. The zero-order chi connectivity index (χ0) is 15.0. The van der Waals surface area contributed by atoms with E-state index < -0.39 is 0 Å². The number of hydrogen-bond acceptors (Lipinski definition) is 1. The third-order valence-corrected chi connectivity index (χ3v) is 4.58. The fraction of sp³-hybridized carbons (Fsp3) is 0.158. The van der Waals surface area contributed by atoms with Gasteiger partial charge in [0.2, 0.25) is 0 Å². The van der Waals surface area contributed by atoms with Gasteiger partial charge in [-0.3, -0.25) is 0 Å². The predicted molar refractivity (Wildman–Crippen MR) is 90.9 cm³/mol. The van der Waals surface area contributed by atoms with Crippen LogP contribution < -0.4 is 5.73 Å². The maximum atomic E-state index is 6.52. The van der Waals surface area contributed by atoms with Crippen LogP contribution in [0.4, 0.5) is 0 Å². The molecule has 1 nitrogen and oxygen atoms in total. The van der Waals surface area contributed by atoms with E-state index >= 15 is 0 Å². The van der Waals surface area contributed by atoms with Crippen LogP contribution in [0.1, 0.15) is 28.3 Å². The Morgan fingerprint density at radius 1 is 0.762 bits per heavy atom. The molecule has 0 aliphatic rings. The molecule has 3 aromatic rings. The molecule has 1 unspecified atom stereocenters. The van der Waals surface area contributed by atoms with E-state index in [1.807, 2.05) is 25.1 Å². The summed E-state index contributed by atoms with van der Waals surface area (Å²) in [5.41, 5.74) is 10.9. The highest BCUT2D eigenvalue weighted by molar-refractivity contribution is 6.32. The summed E-state index contributed by atoms with van der Waals surface area (Å²) in [6.45, 7) is 4.13. The highest BCUT2D eigenvalue weighted by atomic mass is 35.5. The molecule has 0 amide bonds. The molecular weight excluding hydrogens is 278 g/mol. The van der Waals surface area contributed by atoms with Crippen LogP contribution in [-0.4, -0.2) is 0 Å². The number of hydrogen-bond donors (Lipinski definition) is 1. The number of nitrogens with two attached hydrogens (primary N) is 1. The number of benzene rings is 3. The first-order valence-electron chi connectivity index (χ1n) is 7.08. The Balaban J connectivity index is 2.21. The van der Waals surface area contributed by atoms with E-state index in [0.717, 1.165) is 21.7 Å². The van der Waals surface area contributed by atoms with Gasteiger partial charge in [-0.25, -0.2) is 0 Å². The van der Waals surface area contributed by atoms with Crippen molar-refractivity contribution in [1.29, 1.82) is 0 Å². The monoisotopic (exact) mass is 295 g/mol. The summed E-state index contributed by atoms with van der Waals surface area (Å²) < 4.78 is 0. The molecule has 106 valence electrons. The first kappa shape index (κ1) is 14.1. The van der Waals surface area contributed by atoms with Gasteiger partial charge in [-0.1, -0.05) is 66.2 Å². The molecule has 2 N–H and O–H groups in total. The van der Waals surface area contributed by atoms with E-state index in [4.69, 9.17) is 17.3 Å². The topological polar surface area (TPSA) is 26.0 Å². The number of halogens is 1. The molecule has 0 spiro atoms. The van der Waals surface area contributed by atoms with Crippen LogP contribution in [0.3, 0.4) is 0 Å². The van der Waals surface area contributed by atoms with Crippen LogP contribution in [0.25, 0.3) is 10.8 Å². The molecule has 0 bridgehead atoms. The lowest BCUT2D eigenvalue weighted by atomic mass is 9.92. The van der Waals surface area contributed by atoms with Crippen molar-refractivity contribution in [2.75, 3.05) is 0 Å². The summed E-state index contributed by atoms with van der Waals surface area (Å²) in [7, 11) is 0. The van der Waals surface area contributed by atoms with Crippen molar-refractivity contribution in [2.24, 2.45) is 5.73 Å². The quantitative estimate of drug-likeness (QED) is 0.694. The fourth-order valence-corrected chi connectivity index (χ4v) is 3.07. The van der Waals surface area contributed by atoms with Gasteiger partial charge in [0, 0.05) is 5.02 Å². The smallest absolute Gasteiger partial charge is 0.0572 e. The normalized spacial score (nSPS) is 12.6. The van der Waals surface area contributed by atoms with Gasteiger partial charge in [0.05, 0.1) is 6.04 Å². The van der Waals surface area contributed by atoms with Crippen molar-refractivity contribution in [2.45, 2.75) is 19.9 Å². The van der Waals surface area contributed by atoms with Gasteiger partial charge in [-0.2, -0.15) is 0 Å². The molecule has 0 aliphatic heterocycles. The Morgan fingerprint density at radius 2 is 1.48 bits per heavy atom. The minimum atomic E-state index is -0.220. The van der Waals surface area contributed by atoms with Crippen molar-refractivity contribution in [3.63, 3.8) is 0 Å². The molecule has 3 rings (SSSR count). The van der Waals surface area contributed by atoms with E-state index in [1.165, 1.54) is 16.3 Å². The first-order valence-corrected chi connectivity index (χ1v) is 7.46. The number of aryl methyl sites for hydroxylation is 2. The highest BCUT2D eigenvalue weighted by Gasteiger charge is 2.16. The molecule has 21 heavy (non-hydrogen) atoms. The lowest BCUT2D eigenvalue weighted by Gasteiger charge is -2.18. The lowest BCUT2D eigenvalue weighted by Crippen LogP contribution is -2.13. The SMILES string of the molecule is Cc1cccc(C(N)c2ccc(C)c3ccccc23)c1Cl. The Morgan fingerprint density at radius 3 is 2.24 bits per heavy atom. The Bertz CT molecular complexity index is 808. The lowest BCUT2D eigenvalue weighted by molar-refractivity contribution is 0.879. The van der Waals surface area contributed by atoms with E-state index in [1.54, 1.807) is 0 Å². The van der Waals surface area contributed by atoms with Crippen LogP contribution in [0, 0.1) is 13.8 Å². The van der Waals surface area contributed by atoms with Gasteiger partial charge < -0.3 is 5.73 Å². The van der Waals surface area contributed by atoms with Crippen LogP contribution in [0.2, 0.25) is 5.02 Å². The number of fused-ring (bicyclic) bond motifs is 1. The minimum absolute atomic E-state index is 0.220. The molecule has 0 radical (unpaired) electrons. The zero-order valence-corrected chi connectivity index (χ0v) is 13.0. The predicted octanol–water partition coefficient (Wildman–Crippen LogP) is 5.16. The highest BCUT2D eigenvalue weighted by Crippen LogP contribution is 2.33. The van der Waals surface area contributed by atoms with E-state index in [-0.39, 0.29) is 6.04 Å². The van der Waals surface area contributed by atoms with E-state index in [2.05, 4.69) is 43.3 Å². The Hall–Kier alpha value is -1.83. The molecule has 0 aliphatic carbocycles. The summed E-state index contributed by atoms with van der Waals surface area (Å²) >= 11 is 6.44. The van der Waals surface area contributed by atoms with Crippen molar-refractivity contribution in [3.8, 4) is 0 Å². The van der Waals surface area contributed by atoms with Crippen LogP contribution in [0.5, 0.6) is 0 Å². The minimum Gasteiger partial charge on any atom is -0.320 e. The molecule has 0 saturated heterocycles. The Kier molecular flexibility index (Phi) is 3.71. The van der Waals surface area contributed by atoms with Gasteiger partial charge in [0.25, 0.3) is 0 Å². The second-order valence-corrected chi connectivity index (χ2v) is 5.85. The van der Waals surface area contributed by atoms with E-state index in [9.17, 15) is 0 Å². The molecule has 0 aromatic heterocycles. The zero-order valence-electron chi connectivity index (χ0n) is 12.2. The summed E-state index contributed by atoms with van der Waals surface area (Å²) in [6, 6.07) is 18.4. The van der Waals surface area contributed by atoms with Crippen molar-refractivity contribution < 1.29 is 0 Å². The van der Waals surface area contributed by atoms with Gasteiger partial charge in [0.15, 0.2) is 0 Å². The number of rotatable bonds is 2. The van der Waals surface area contributed by atoms with Crippen LogP contribution in [-0.2, 0) is 0 Å². The van der Waals surface area contributed by atoms with Crippen LogP contribution >= 0.6 is 11.6 Å². The largest absolute Gasteiger partial charge is 0.320 e. The van der Waals surface area contributed by atoms with Gasteiger partial charge in [-0.05, 0) is 46.9 Å². The molecule has 0 heterocycles. The molecule has 2 heteroatoms. The summed E-state index contributed by atoms with van der Waals surface area (Å²) in [6.07, 6.45) is 0. The Labute approximate surface area is 130 Å². The fourth-order valence-electron chi connectivity index (χ4n) is 2.82.